The molecule has 0 amide bonds. The minimum absolute atomic E-state index is 0.0478. The van der Waals surface area contributed by atoms with Crippen LogP contribution in [-0.2, 0) is 0 Å². The number of nitrogens with zero attached hydrogens (tertiary/aromatic N) is 3. The van der Waals surface area contributed by atoms with E-state index in [9.17, 15) is 9.59 Å². The third-order valence-corrected chi connectivity index (χ3v) is 4.62. The van der Waals surface area contributed by atoms with Gasteiger partial charge in [0.2, 0.25) is 5.78 Å². The second kappa shape index (κ2) is 6.81. The Kier molecular flexibility index (Phi) is 4.78. The van der Waals surface area contributed by atoms with Crippen molar-refractivity contribution in [1.29, 1.82) is 0 Å². The van der Waals surface area contributed by atoms with Gasteiger partial charge in [-0.25, -0.2) is 4.68 Å². The standard InChI is InChI=1S/C16H15Cl2N3O2/c17-10-6-7-12(13(18)8-10)15(22)16(23)14-9-21(20-19-14)11-4-2-1-3-5-11/h6-9,11H,1-5H2. The summed E-state index contributed by atoms with van der Waals surface area (Å²) in [6.07, 6.45) is 7.12. The summed E-state index contributed by atoms with van der Waals surface area (Å²) in [5.41, 5.74) is 0.167. The van der Waals surface area contributed by atoms with Crippen LogP contribution in [0.15, 0.2) is 24.4 Å². The Hall–Kier alpha value is -1.72. The summed E-state index contributed by atoms with van der Waals surface area (Å²) in [5.74, 6) is -1.42. The second-order valence-corrected chi connectivity index (χ2v) is 6.50. The molecule has 1 aromatic carbocycles. The Morgan fingerprint density at radius 3 is 2.52 bits per heavy atom. The number of halogens is 2. The fourth-order valence-corrected chi connectivity index (χ4v) is 3.31. The maximum absolute atomic E-state index is 12.3. The molecule has 23 heavy (non-hydrogen) atoms. The molecule has 0 bridgehead atoms. The van der Waals surface area contributed by atoms with E-state index in [0.29, 0.717) is 5.02 Å². The summed E-state index contributed by atoms with van der Waals surface area (Å²) in [6.45, 7) is 0. The van der Waals surface area contributed by atoms with Crippen LogP contribution in [0.5, 0.6) is 0 Å². The maximum Gasteiger partial charge on any atom is 0.255 e. The first-order chi connectivity index (χ1) is 11.1. The van der Waals surface area contributed by atoms with Gasteiger partial charge in [-0.2, -0.15) is 0 Å². The third-order valence-electron chi connectivity index (χ3n) is 4.07. The van der Waals surface area contributed by atoms with Gasteiger partial charge in [-0.3, -0.25) is 9.59 Å². The molecule has 1 heterocycles. The molecule has 2 aromatic rings. The van der Waals surface area contributed by atoms with E-state index in [1.54, 1.807) is 10.9 Å². The minimum Gasteiger partial charge on any atom is -0.285 e. The highest BCUT2D eigenvalue weighted by Crippen LogP contribution is 2.27. The number of hydrogen-bond acceptors (Lipinski definition) is 4. The molecule has 0 radical (unpaired) electrons. The van der Waals surface area contributed by atoms with Crippen LogP contribution in [0.3, 0.4) is 0 Å². The van der Waals surface area contributed by atoms with Crippen molar-refractivity contribution in [2.75, 3.05) is 0 Å². The van der Waals surface area contributed by atoms with E-state index < -0.39 is 11.6 Å². The first-order valence-corrected chi connectivity index (χ1v) is 8.28. The van der Waals surface area contributed by atoms with Gasteiger partial charge in [-0.05, 0) is 31.0 Å². The highest BCUT2D eigenvalue weighted by atomic mass is 35.5. The summed E-state index contributed by atoms with van der Waals surface area (Å²) in [5, 5.41) is 8.43. The predicted octanol–water partition coefficient (Wildman–Crippen LogP) is 4.16. The molecule has 1 aliphatic rings. The largest absolute Gasteiger partial charge is 0.285 e. The summed E-state index contributed by atoms with van der Waals surface area (Å²) in [4.78, 5) is 24.6. The van der Waals surface area contributed by atoms with Crippen molar-refractivity contribution >= 4 is 34.8 Å². The first kappa shape index (κ1) is 16.1. The molecular formula is C16H15Cl2N3O2. The molecule has 1 aromatic heterocycles. The highest BCUT2D eigenvalue weighted by Gasteiger charge is 2.25. The lowest BCUT2D eigenvalue weighted by Crippen LogP contribution is -2.16. The molecule has 120 valence electrons. The number of Topliss-reactive ketones (excluding diaryl/α,β-unsaturated/α-hetero) is 2. The van der Waals surface area contributed by atoms with Gasteiger partial charge in [-0.1, -0.05) is 47.7 Å². The maximum atomic E-state index is 12.3. The zero-order chi connectivity index (χ0) is 16.4. The van der Waals surface area contributed by atoms with Gasteiger partial charge in [0.25, 0.3) is 5.78 Å². The predicted molar refractivity (Wildman–Crippen MR) is 87.3 cm³/mol. The van der Waals surface area contributed by atoms with Gasteiger partial charge < -0.3 is 0 Å². The van der Waals surface area contributed by atoms with Gasteiger partial charge in [0, 0.05) is 10.6 Å². The zero-order valence-corrected chi connectivity index (χ0v) is 13.8. The summed E-state index contributed by atoms with van der Waals surface area (Å²) in [7, 11) is 0. The van der Waals surface area contributed by atoms with Crippen LogP contribution in [0.1, 0.15) is 59.0 Å². The Morgan fingerprint density at radius 1 is 1.09 bits per heavy atom. The molecule has 0 unspecified atom stereocenters. The molecule has 3 rings (SSSR count). The smallest absolute Gasteiger partial charge is 0.255 e. The topological polar surface area (TPSA) is 64.8 Å². The highest BCUT2D eigenvalue weighted by molar-refractivity contribution is 6.51. The average molecular weight is 352 g/mol. The van der Waals surface area contributed by atoms with Gasteiger partial charge in [0.05, 0.1) is 17.3 Å². The molecular weight excluding hydrogens is 337 g/mol. The van der Waals surface area contributed by atoms with Crippen LogP contribution < -0.4 is 0 Å². The van der Waals surface area contributed by atoms with E-state index in [2.05, 4.69) is 10.3 Å². The fourth-order valence-electron chi connectivity index (χ4n) is 2.82. The van der Waals surface area contributed by atoms with Crippen LogP contribution in [0.4, 0.5) is 0 Å². The van der Waals surface area contributed by atoms with Crippen LogP contribution in [0.2, 0.25) is 10.0 Å². The normalized spacial score (nSPS) is 15.6. The van der Waals surface area contributed by atoms with Gasteiger partial charge >= 0.3 is 0 Å². The number of hydrogen-bond donors (Lipinski definition) is 0. The lowest BCUT2D eigenvalue weighted by atomic mass is 9.96. The van der Waals surface area contributed by atoms with Crippen molar-refractivity contribution in [3.8, 4) is 0 Å². The summed E-state index contributed by atoms with van der Waals surface area (Å²) in [6, 6.07) is 4.65. The third kappa shape index (κ3) is 3.46. The quantitative estimate of drug-likeness (QED) is 0.612. The average Bonchev–Trinajstić information content (AvgIpc) is 3.04. The Morgan fingerprint density at radius 2 is 1.83 bits per heavy atom. The van der Waals surface area contributed by atoms with E-state index in [-0.39, 0.29) is 22.3 Å². The molecule has 1 fully saturated rings. The van der Waals surface area contributed by atoms with Crippen LogP contribution >= 0.6 is 23.2 Å². The molecule has 1 saturated carbocycles. The lowest BCUT2D eigenvalue weighted by molar-refractivity contribution is 0.0814. The van der Waals surface area contributed by atoms with Gasteiger partial charge in [-0.15, -0.1) is 5.10 Å². The Balaban J connectivity index is 1.80. The zero-order valence-electron chi connectivity index (χ0n) is 12.3. The van der Waals surface area contributed by atoms with Crippen molar-refractivity contribution < 1.29 is 9.59 Å². The lowest BCUT2D eigenvalue weighted by Gasteiger charge is -2.20. The molecule has 0 N–H and O–H groups in total. The first-order valence-electron chi connectivity index (χ1n) is 7.52. The van der Waals surface area contributed by atoms with Gasteiger partial charge in [0.1, 0.15) is 0 Å². The second-order valence-electron chi connectivity index (χ2n) is 5.66. The van der Waals surface area contributed by atoms with E-state index in [1.165, 1.54) is 24.6 Å². The van der Waals surface area contributed by atoms with Crippen molar-refractivity contribution in [2.45, 2.75) is 38.1 Å². The molecule has 5 nitrogen and oxygen atoms in total. The van der Waals surface area contributed by atoms with Crippen LogP contribution in [0.25, 0.3) is 0 Å². The Bertz CT molecular complexity index is 752. The number of aromatic nitrogens is 3. The monoisotopic (exact) mass is 351 g/mol. The van der Waals surface area contributed by atoms with E-state index in [1.807, 2.05) is 0 Å². The molecule has 1 aliphatic carbocycles. The summed E-state index contributed by atoms with van der Waals surface area (Å²) >= 11 is 11.8. The van der Waals surface area contributed by atoms with E-state index in [4.69, 9.17) is 23.2 Å². The number of carbonyl (C=O) groups excluding carboxylic acids is 2. The van der Waals surface area contributed by atoms with Crippen LogP contribution in [-0.4, -0.2) is 26.6 Å². The van der Waals surface area contributed by atoms with Crippen LogP contribution in [0, 0.1) is 0 Å². The van der Waals surface area contributed by atoms with Crippen molar-refractivity contribution in [1.82, 2.24) is 15.0 Å². The number of benzene rings is 1. The van der Waals surface area contributed by atoms with Gasteiger partial charge in [0.15, 0.2) is 5.69 Å². The Labute approximate surface area is 143 Å². The molecule has 0 saturated heterocycles. The number of carbonyl (C=O) groups is 2. The van der Waals surface area contributed by atoms with Crippen molar-refractivity contribution in [3.63, 3.8) is 0 Å². The molecule has 7 heteroatoms. The minimum atomic E-state index is -0.712. The molecule has 0 atom stereocenters. The summed E-state index contributed by atoms with van der Waals surface area (Å²) < 4.78 is 1.70. The van der Waals surface area contributed by atoms with E-state index >= 15 is 0 Å². The molecule has 0 aliphatic heterocycles. The van der Waals surface area contributed by atoms with Crippen molar-refractivity contribution in [2.24, 2.45) is 0 Å². The van der Waals surface area contributed by atoms with Crippen molar-refractivity contribution in [3.05, 3.63) is 45.7 Å². The SMILES string of the molecule is O=C(C(=O)c1ccc(Cl)cc1Cl)c1cn(C2CCCCC2)nn1. The molecule has 0 spiro atoms. The number of ketones is 2. The fraction of sp³-hybridized carbons (Fsp3) is 0.375. The number of rotatable bonds is 4. The van der Waals surface area contributed by atoms with E-state index in [0.717, 1.165) is 25.7 Å².